The molecule has 0 aliphatic carbocycles. The number of halogens is 1. The summed E-state index contributed by atoms with van der Waals surface area (Å²) in [5, 5.41) is 0.731. The fraction of sp³-hybridized carbons (Fsp3) is 0.391. The molecule has 0 spiro atoms. The van der Waals surface area contributed by atoms with Crippen LogP contribution in [0.1, 0.15) is 5.56 Å². The smallest absolute Gasteiger partial charge is 0.239 e. The molecule has 2 heterocycles. The first-order valence-electron chi connectivity index (χ1n) is 10.4. The van der Waals surface area contributed by atoms with E-state index in [1.165, 1.54) is 0 Å². The van der Waals surface area contributed by atoms with Crippen LogP contribution in [0.4, 0.5) is 5.13 Å². The number of thioether (sulfide) groups is 1. The van der Waals surface area contributed by atoms with Crippen molar-refractivity contribution in [3.05, 3.63) is 48.0 Å². The average Bonchev–Trinajstić information content (AvgIpc) is 3.25. The summed E-state index contributed by atoms with van der Waals surface area (Å²) >= 11 is 3.12. The number of carbonyl (C=O) groups excluding carboxylic acids is 1. The van der Waals surface area contributed by atoms with Crippen molar-refractivity contribution < 1.29 is 14.3 Å². The van der Waals surface area contributed by atoms with E-state index in [-0.39, 0.29) is 18.3 Å². The number of fused-ring (bicyclic) bond motifs is 1. The van der Waals surface area contributed by atoms with Gasteiger partial charge in [-0.05, 0) is 30.7 Å². The Hall–Kier alpha value is -1.84. The number of amides is 1. The largest absolute Gasteiger partial charge is 0.494 e. The van der Waals surface area contributed by atoms with E-state index in [1.54, 1.807) is 30.2 Å². The van der Waals surface area contributed by atoms with E-state index >= 15 is 0 Å². The van der Waals surface area contributed by atoms with Crippen molar-refractivity contribution in [2.75, 3.05) is 57.2 Å². The van der Waals surface area contributed by atoms with Crippen molar-refractivity contribution in [3.8, 4) is 5.75 Å². The highest BCUT2D eigenvalue weighted by molar-refractivity contribution is 8.00. The van der Waals surface area contributed by atoms with E-state index in [0.29, 0.717) is 12.3 Å². The number of hydrogen-bond donors (Lipinski definition) is 0. The lowest BCUT2D eigenvalue weighted by Crippen LogP contribution is -2.43. The summed E-state index contributed by atoms with van der Waals surface area (Å²) in [7, 11) is 1.65. The molecule has 1 saturated heterocycles. The summed E-state index contributed by atoms with van der Waals surface area (Å²) in [5.41, 5.74) is 1.96. The SMILES string of the molecule is COc1ccc(C)c2sc(N(CCN3CCOCC3)C(=O)CSc3ccccc3)nc12.Cl. The molecular weight excluding hydrogens is 466 g/mol. The lowest BCUT2D eigenvalue weighted by Gasteiger charge is -2.29. The number of morpholine rings is 1. The molecule has 0 N–H and O–H groups in total. The number of methoxy groups -OCH3 is 1. The third kappa shape index (κ3) is 5.94. The van der Waals surface area contributed by atoms with Crippen LogP contribution in [0.25, 0.3) is 10.2 Å². The second kappa shape index (κ2) is 11.9. The molecule has 1 aliphatic rings. The maximum absolute atomic E-state index is 13.3. The maximum atomic E-state index is 13.3. The van der Waals surface area contributed by atoms with Crippen molar-refractivity contribution in [3.63, 3.8) is 0 Å². The molecule has 0 bridgehead atoms. The number of carbonyl (C=O) groups is 1. The molecule has 0 radical (unpaired) electrons. The Morgan fingerprint density at radius 2 is 1.97 bits per heavy atom. The van der Waals surface area contributed by atoms with Gasteiger partial charge in [-0.1, -0.05) is 35.6 Å². The maximum Gasteiger partial charge on any atom is 0.239 e. The van der Waals surface area contributed by atoms with Crippen LogP contribution in [0, 0.1) is 6.92 Å². The predicted octanol–water partition coefficient (Wildman–Crippen LogP) is 4.49. The van der Waals surface area contributed by atoms with Gasteiger partial charge in [0.15, 0.2) is 5.13 Å². The highest BCUT2D eigenvalue weighted by Crippen LogP contribution is 2.36. The Kier molecular flexibility index (Phi) is 9.19. The van der Waals surface area contributed by atoms with Crippen molar-refractivity contribution in [1.29, 1.82) is 0 Å². The van der Waals surface area contributed by atoms with Crippen LogP contribution in [0.3, 0.4) is 0 Å². The fourth-order valence-corrected chi connectivity index (χ4v) is 5.40. The molecule has 0 atom stereocenters. The van der Waals surface area contributed by atoms with Crippen LogP contribution in [0.15, 0.2) is 47.4 Å². The summed E-state index contributed by atoms with van der Waals surface area (Å²) in [6.45, 7) is 6.76. The molecular formula is C23H28ClN3O3S2. The van der Waals surface area contributed by atoms with Gasteiger partial charge in [0.05, 0.1) is 30.8 Å². The third-order valence-corrected chi connectivity index (χ3v) is 7.50. The normalized spacial score (nSPS) is 14.2. The molecule has 6 nitrogen and oxygen atoms in total. The van der Waals surface area contributed by atoms with Gasteiger partial charge < -0.3 is 9.47 Å². The molecule has 1 aromatic heterocycles. The molecule has 1 aliphatic heterocycles. The predicted molar refractivity (Wildman–Crippen MR) is 135 cm³/mol. The topological polar surface area (TPSA) is 54.9 Å². The number of rotatable bonds is 8. The molecule has 0 unspecified atom stereocenters. The van der Waals surface area contributed by atoms with Crippen LogP contribution in [0.2, 0.25) is 0 Å². The van der Waals surface area contributed by atoms with E-state index in [0.717, 1.165) is 64.4 Å². The van der Waals surface area contributed by atoms with Gasteiger partial charge in [-0.15, -0.1) is 24.2 Å². The van der Waals surface area contributed by atoms with Gasteiger partial charge in [-0.25, -0.2) is 4.98 Å². The van der Waals surface area contributed by atoms with Gasteiger partial charge in [0, 0.05) is 31.1 Å². The van der Waals surface area contributed by atoms with Crippen LogP contribution in [0.5, 0.6) is 5.75 Å². The quantitative estimate of drug-likeness (QED) is 0.431. The van der Waals surface area contributed by atoms with Crippen LogP contribution >= 0.6 is 35.5 Å². The van der Waals surface area contributed by atoms with E-state index in [2.05, 4.69) is 11.8 Å². The van der Waals surface area contributed by atoms with Crippen molar-refractivity contribution >= 4 is 56.8 Å². The minimum atomic E-state index is 0. The summed E-state index contributed by atoms with van der Waals surface area (Å²) in [5.74, 6) is 1.18. The Balaban J connectivity index is 0.00000289. The molecule has 32 heavy (non-hydrogen) atoms. The van der Waals surface area contributed by atoms with Crippen molar-refractivity contribution in [2.24, 2.45) is 0 Å². The van der Waals surface area contributed by atoms with Gasteiger partial charge in [-0.2, -0.15) is 0 Å². The minimum Gasteiger partial charge on any atom is -0.494 e. The number of thiazole rings is 1. The molecule has 2 aromatic carbocycles. The first-order chi connectivity index (χ1) is 15.2. The molecule has 172 valence electrons. The number of anilines is 1. The van der Waals surface area contributed by atoms with Crippen LogP contribution in [-0.4, -0.2) is 68.0 Å². The lowest BCUT2D eigenvalue weighted by atomic mass is 10.2. The molecule has 4 rings (SSSR count). The monoisotopic (exact) mass is 493 g/mol. The number of benzene rings is 2. The van der Waals surface area contributed by atoms with Crippen LogP contribution in [-0.2, 0) is 9.53 Å². The molecule has 0 saturated carbocycles. The van der Waals surface area contributed by atoms with Gasteiger partial charge in [0.2, 0.25) is 5.91 Å². The molecule has 1 fully saturated rings. The number of hydrogen-bond acceptors (Lipinski definition) is 7. The highest BCUT2D eigenvalue weighted by Gasteiger charge is 2.23. The standard InChI is InChI=1S/C23H27N3O3S2.ClH/c1-17-8-9-19(28-2)21-22(17)31-23(24-21)26(11-10-25-12-14-29-15-13-25)20(27)16-30-18-6-4-3-5-7-18;/h3-9H,10-16H2,1-2H3;1H. The van der Waals surface area contributed by atoms with E-state index in [4.69, 9.17) is 14.5 Å². The van der Waals surface area contributed by atoms with E-state index in [1.807, 2.05) is 47.4 Å². The number of aromatic nitrogens is 1. The highest BCUT2D eigenvalue weighted by atomic mass is 35.5. The average molecular weight is 494 g/mol. The van der Waals surface area contributed by atoms with Gasteiger partial charge in [0.1, 0.15) is 11.3 Å². The fourth-order valence-electron chi connectivity index (χ4n) is 3.51. The van der Waals surface area contributed by atoms with Gasteiger partial charge in [0.25, 0.3) is 0 Å². The van der Waals surface area contributed by atoms with Gasteiger partial charge >= 0.3 is 0 Å². The first kappa shape index (κ1) is 24.8. The molecule has 1 amide bonds. The second-order valence-corrected chi connectivity index (χ2v) is 9.39. The zero-order valence-electron chi connectivity index (χ0n) is 18.3. The Morgan fingerprint density at radius 1 is 1.22 bits per heavy atom. The van der Waals surface area contributed by atoms with Crippen molar-refractivity contribution in [2.45, 2.75) is 11.8 Å². The van der Waals surface area contributed by atoms with E-state index in [9.17, 15) is 4.79 Å². The number of nitrogens with zero attached hydrogens (tertiary/aromatic N) is 3. The molecule has 9 heteroatoms. The zero-order valence-corrected chi connectivity index (χ0v) is 20.7. The van der Waals surface area contributed by atoms with Crippen LogP contribution < -0.4 is 9.64 Å². The van der Waals surface area contributed by atoms with Crippen molar-refractivity contribution in [1.82, 2.24) is 9.88 Å². The Bertz CT molecular complexity index is 1030. The van der Waals surface area contributed by atoms with E-state index < -0.39 is 0 Å². The summed E-state index contributed by atoms with van der Waals surface area (Å²) in [6, 6.07) is 14.0. The number of aryl methyl sites for hydroxylation is 1. The molecule has 3 aromatic rings. The Morgan fingerprint density at radius 3 is 2.69 bits per heavy atom. The first-order valence-corrected chi connectivity index (χ1v) is 12.2. The summed E-state index contributed by atoms with van der Waals surface area (Å²) < 4.78 is 12.0. The van der Waals surface area contributed by atoms with Gasteiger partial charge in [-0.3, -0.25) is 14.6 Å². The second-order valence-electron chi connectivity index (χ2n) is 7.36. The summed E-state index contributed by atoms with van der Waals surface area (Å²) in [4.78, 5) is 23.4. The third-order valence-electron chi connectivity index (χ3n) is 5.29. The summed E-state index contributed by atoms with van der Waals surface area (Å²) in [6.07, 6.45) is 0. The minimum absolute atomic E-state index is 0. The Labute approximate surface area is 203 Å². The lowest BCUT2D eigenvalue weighted by molar-refractivity contribution is -0.116. The number of ether oxygens (including phenoxy) is 2. The zero-order chi connectivity index (χ0) is 21.6.